The Morgan fingerprint density at radius 2 is 1.74 bits per heavy atom. The second-order valence-electron chi connectivity index (χ2n) is 6.60. The maximum absolute atomic E-state index is 11.9. The minimum atomic E-state index is -0.463. The van der Waals surface area contributed by atoms with E-state index in [0.29, 0.717) is 19.0 Å². The van der Waals surface area contributed by atoms with Crippen LogP contribution in [-0.4, -0.2) is 41.3 Å². The van der Waals surface area contributed by atoms with Gasteiger partial charge in [0.05, 0.1) is 5.54 Å². The zero-order valence-electron chi connectivity index (χ0n) is 12.5. The van der Waals surface area contributed by atoms with Gasteiger partial charge in [-0.3, -0.25) is 0 Å². The van der Waals surface area contributed by atoms with E-state index >= 15 is 0 Å². The van der Waals surface area contributed by atoms with Gasteiger partial charge in [0.1, 0.15) is 5.60 Å². The lowest BCUT2D eigenvalue weighted by atomic mass is 9.81. The van der Waals surface area contributed by atoms with E-state index in [1.807, 2.05) is 34.6 Å². The second kappa shape index (κ2) is 5.74. The molecule has 0 aromatic rings. The summed E-state index contributed by atoms with van der Waals surface area (Å²) in [4.78, 5) is 27.9. The molecule has 0 spiro atoms. The van der Waals surface area contributed by atoms with Gasteiger partial charge in [-0.2, -0.15) is 4.99 Å². The first-order valence-electron chi connectivity index (χ1n) is 6.72. The lowest BCUT2D eigenvalue weighted by Crippen LogP contribution is -2.45. The number of isocyanates is 1. The first-order chi connectivity index (χ1) is 8.65. The number of nitrogens with zero attached hydrogens (tertiary/aromatic N) is 2. The van der Waals surface area contributed by atoms with E-state index in [-0.39, 0.29) is 6.09 Å². The van der Waals surface area contributed by atoms with E-state index in [2.05, 4.69) is 4.99 Å². The number of hydrogen-bond donors (Lipinski definition) is 0. The van der Waals surface area contributed by atoms with E-state index in [4.69, 9.17) is 4.74 Å². The maximum Gasteiger partial charge on any atom is 0.410 e. The van der Waals surface area contributed by atoms with E-state index in [0.717, 1.165) is 12.8 Å². The Kier molecular flexibility index (Phi) is 4.75. The van der Waals surface area contributed by atoms with Gasteiger partial charge in [0, 0.05) is 13.1 Å². The van der Waals surface area contributed by atoms with Crippen molar-refractivity contribution in [2.75, 3.05) is 13.1 Å². The molecule has 1 rings (SSSR count). The van der Waals surface area contributed by atoms with E-state index in [1.54, 1.807) is 11.0 Å². The summed E-state index contributed by atoms with van der Waals surface area (Å²) in [6.07, 6.45) is 3.04. The molecule has 5 heteroatoms. The molecule has 1 amide bonds. The first-order valence-corrected chi connectivity index (χ1v) is 6.72. The maximum atomic E-state index is 11.9. The van der Waals surface area contributed by atoms with Crippen molar-refractivity contribution in [2.24, 2.45) is 10.9 Å². The van der Waals surface area contributed by atoms with Crippen molar-refractivity contribution in [3.63, 3.8) is 0 Å². The van der Waals surface area contributed by atoms with Crippen LogP contribution < -0.4 is 0 Å². The summed E-state index contributed by atoms with van der Waals surface area (Å²) in [5, 5.41) is 0. The highest BCUT2D eigenvalue weighted by molar-refractivity contribution is 5.68. The summed E-state index contributed by atoms with van der Waals surface area (Å²) >= 11 is 0. The third kappa shape index (κ3) is 4.67. The van der Waals surface area contributed by atoms with Gasteiger partial charge in [-0.05, 0) is 53.4 Å². The molecule has 1 saturated heterocycles. The quantitative estimate of drug-likeness (QED) is 0.571. The number of carbonyl (C=O) groups excluding carboxylic acids is 2. The SMILES string of the molecule is CC(C)(C)OC(=O)N1CCC(C(C)(C)N=C=O)CC1. The lowest BCUT2D eigenvalue weighted by Gasteiger charge is -2.38. The third-order valence-electron chi connectivity index (χ3n) is 3.48. The molecule has 19 heavy (non-hydrogen) atoms. The highest BCUT2D eigenvalue weighted by Crippen LogP contribution is 2.31. The molecule has 1 aliphatic rings. The highest BCUT2D eigenvalue weighted by Gasteiger charge is 2.34. The Balaban J connectivity index is 2.54. The summed E-state index contributed by atoms with van der Waals surface area (Å²) in [5.41, 5.74) is -0.864. The predicted molar refractivity (Wildman–Crippen MR) is 72.7 cm³/mol. The first kappa shape index (κ1) is 15.7. The van der Waals surface area contributed by atoms with Crippen LogP contribution in [0.4, 0.5) is 4.79 Å². The Labute approximate surface area is 115 Å². The fraction of sp³-hybridized carbons (Fsp3) is 0.857. The fourth-order valence-electron chi connectivity index (χ4n) is 2.30. The van der Waals surface area contributed by atoms with Crippen LogP contribution in [0.1, 0.15) is 47.5 Å². The third-order valence-corrected chi connectivity index (χ3v) is 3.48. The molecule has 0 aromatic heterocycles. The summed E-state index contributed by atoms with van der Waals surface area (Å²) < 4.78 is 5.35. The summed E-state index contributed by atoms with van der Waals surface area (Å²) in [5.74, 6) is 0.299. The van der Waals surface area contributed by atoms with Gasteiger partial charge in [0.15, 0.2) is 0 Å². The normalized spacial score (nSPS) is 17.8. The number of ether oxygens (including phenoxy) is 1. The zero-order valence-corrected chi connectivity index (χ0v) is 12.5. The van der Waals surface area contributed by atoms with Crippen LogP contribution in [0.5, 0.6) is 0 Å². The minimum Gasteiger partial charge on any atom is -0.444 e. The molecule has 0 unspecified atom stereocenters. The molecule has 0 bridgehead atoms. The number of rotatable bonds is 2. The van der Waals surface area contributed by atoms with Crippen LogP contribution in [-0.2, 0) is 9.53 Å². The van der Waals surface area contributed by atoms with Crippen molar-refractivity contribution in [1.82, 2.24) is 4.90 Å². The van der Waals surface area contributed by atoms with Crippen molar-refractivity contribution in [3.05, 3.63) is 0 Å². The van der Waals surface area contributed by atoms with Crippen LogP contribution in [0.25, 0.3) is 0 Å². The van der Waals surface area contributed by atoms with Crippen molar-refractivity contribution in [1.29, 1.82) is 0 Å². The Morgan fingerprint density at radius 3 is 2.16 bits per heavy atom. The van der Waals surface area contributed by atoms with Gasteiger partial charge in [-0.15, -0.1) is 0 Å². The lowest BCUT2D eigenvalue weighted by molar-refractivity contribution is 0.0157. The van der Waals surface area contributed by atoms with Gasteiger partial charge in [0.2, 0.25) is 6.08 Å². The highest BCUT2D eigenvalue weighted by atomic mass is 16.6. The molecular weight excluding hydrogens is 244 g/mol. The van der Waals surface area contributed by atoms with Crippen LogP contribution in [0.15, 0.2) is 4.99 Å². The Bertz CT molecular complexity index is 371. The number of aliphatic imine (C=N–C) groups is 1. The minimum absolute atomic E-state index is 0.261. The molecule has 0 aliphatic carbocycles. The number of hydrogen-bond acceptors (Lipinski definition) is 4. The fourth-order valence-corrected chi connectivity index (χ4v) is 2.30. The summed E-state index contributed by atoms with van der Waals surface area (Å²) in [7, 11) is 0. The summed E-state index contributed by atoms with van der Waals surface area (Å²) in [6.45, 7) is 10.8. The largest absolute Gasteiger partial charge is 0.444 e. The number of amides is 1. The van der Waals surface area contributed by atoms with Crippen LogP contribution >= 0.6 is 0 Å². The van der Waals surface area contributed by atoms with Gasteiger partial charge < -0.3 is 9.64 Å². The zero-order chi connectivity index (χ0) is 14.7. The Hall–Kier alpha value is -1.35. The van der Waals surface area contributed by atoms with Crippen LogP contribution in [0.2, 0.25) is 0 Å². The topological polar surface area (TPSA) is 59.0 Å². The second-order valence-corrected chi connectivity index (χ2v) is 6.60. The van der Waals surface area contributed by atoms with Gasteiger partial charge in [-0.1, -0.05) is 0 Å². The smallest absolute Gasteiger partial charge is 0.410 e. The molecule has 1 fully saturated rings. The van der Waals surface area contributed by atoms with E-state index in [9.17, 15) is 9.59 Å². The van der Waals surface area contributed by atoms with Crippen LogP contribution in [0.3, 0.4) is 0 Å². The average molecular weight is 268 g/mol. The van der Waals surface area contributed by atoms with Crippen molar-refractivity contribution in [3.8, 4) is 0 Å². The molecule has 5 nitrogen and oxygen atoms in total. The van der Waals surface area contributed by atoms with E-state index < -0.39 is 11.1 Å². The van der Waals surface area contributed by atoms with Gasteiger partial charge in [0.25, 0.3) is 0 Å². The monoisotopic (exact) mass is 268 g/mol. The molecule has 0 aromatic carbocycles. The molecule has 0 saturated carbocycles. The summed E-state index contributed by atoms with van der Waals surface area (Å²) in [6, 6.07) is 0. The van der Waals surface area contributed by atoms with Crippen LogP contribution in [0, 0.1) is 5.92 Å². The predicted octanol–water partition coefficient (Wildman–Crippen LogP) is 2.75. The van der Waals surface area contributed by atoms with Gasteiger partial charge in [-0.25, -0.2) is 9.59 Å². The molecule has 0 N–H and O–H groups in total. The molecular formula is C14H24N2O3. The molecule has 108 valence electrons. The van der Waals surface area contributed by atoms with E-state index in [1.165, 1.54) is 0 Å². The standard InChI is InChI=1S/C14H24N2O3/c1-13(2,3)19-12(18)16-8-6-11(7-9-16)14(4,5)15-10-17/h11H,6-9H2,1-5H3. The molecule has 1 heterocycles. The Morgan fingerprint density at radius 1 is 1.21 bits per heavy atom. The average Bonchev–Trinajstić information content (AvgIpc) is 2.27. The van der Waals surface area contributed by atoms with Crippen molar-refractivity contribution < 1.29 is 14.3 Å². The van der Waals surface area contributed by atoms with Gasteiger partial charge >= 0.3 is 6.09 Å². The molecule has 1 aliphatic heterocycles. The molecule has 0 radical (unpaired) electrons. The van der Waals surface area contributed by atoms with Crippen molar-refractivity contribution in [2.45, 2.75) is 58.6 Å². The molecule has 0 atom stereocenters. The van der Waals surface area contributed by atoms with Crippen molar-refractivity contribution >= 4 is 12.2 Å². The number of likely N-dealkylation sites (tertiary alicyclic amines) is 1. The number of carbonyl (C=O) groups is 1. The number of piperidine rings is 1.